The third kappa shape index (κ3) is 5.59. The van der Waals surface area contributed by atoms with E-state index in [-0.39, 0.29) is 0 Å². The quantitative estimate of drug-likeness (QED) is 0.497. The number of carboxylic acids is 1. The number of aliphatic carboxylic acids is 1. The van der Waals surface area contributed by atoms with Crippen molar-refractivity contribution < 1.29 is 14.4 Å². The third-order valence-electron chi connectivity index (χ3n) is 1.68. The summed E-state index contributed by atoms with van der Waals surface area (Å²) in [5.41, 5.74) is 0. The van der Waals surface area contributed by atoms with E-state index in [0.29, 0.717) is 0 Å². The minimum Gasteiger partial charge on any atom is -0.550 e. The Kier molecular flexibility index (Phi) is 5.97. The standard InChI is InChI=1S/C9H13N2.C2H4O2/c1-3-6-11(7-4-2)8-5-10-9-11;1-2(3)4/h3-5,8-9H,1-2,6-7H2;1H3,(H,3,4)/q+1;/p-1. The highest BCUT2D eigenvalue weighted by molar-refractivity contribution is 5.60. The van der Waals surface area contributed by atoms with Crippen LogP contribution in [0, 0.1) is 0 Å². The monoisotopic (exact) mass is 208 g/mol. The van der Waals surface area contributed by atoms with Gasteiger partial charge >= 0.3 is 0 Å². The molecule has 0 fully saturated rings. The highest BCUT2D eigenvalue weighted by Gasteiger charge is 2.21. The number of hydrogen-bond donors (Lipinski definition) is 0. The Morgan fingerprint density at radius 1 is 1.47 bits per heavy atom. The van der Waals surface area contributed by atoms with Crippen LogP contribution in [0.15, 0.2) is 42.7 Å². The van der Waals surface area contributed by atoms with Crippen molar-refractivity contribution in [2.75, 3.05) is 13.1 Å². The second-order valence-electron chi connectivity index (χ2n) is 3.10. The smallest absolute Gasteiger partial charge is 0.195 e. The minimum atomic E-state index is -1.08. The van der Waals surface area contributed by atoms with Crippen LogP contribution >= 0.6 is 0 Å². The summed E-state index contributed by atoms with van der Waals surface area (Å²) in [5.74, 6) is -1.08. The first kappa shape index (κ1) is 13.3. The number of aliphatic imine (C=N–C) groups is 1. The molecule has 1 rings (SSSR count). The molecular weight excluding hydrogens is 192 g/mol. The molecule has 0 radical (unpaired) electrons. The Bertz CT molecular complexity index is 265. The lowest BCUT2D eigenvalue weighted by atomic mass is 10.4. The molecule has 0 saturated carbocycles. The van der Waals surface area contributed by atoms with Crippen LogP contribution < -0.4 is 5.11 Å². The van der Waals surface area contributed by atoms with E-state index in [1.807, 2.05) is 30.9 Å². The molecule has 4 heteroatoms. The molecule has 0 unspecified atom stereocenters. The molecule has 82 valence electrons. The highest BCUT2D eigenvalue weighted by Crippen LogP contribution is 2.10. The summed E-state index contributed by atoms with van der Waals surface area (Å²) < 4.78 is 0.729. The molecule has 0 aromatic heterocycles. The van der Waals surface area contributed by atoms with E-state index in [4.69, 9.17) is 9.90 Å². The van der Waals surface area contributed by atoms with Crippen LogP contribution in [0.1, 0.15) is 6.92 Å². The average molecular weight is 208 g/mol. The predicted octanol–water partition coefficient (Wildman–Crippen LogP) is 0.444. The van der Waals surface area contributed by atoms with Gasteiger partial charge in [0.15, 0.2) is 6.34 Å². The summed E-state index contributed by atoms with van der Waals surface area (Å²) in [5, 5.41) is 8.89. The van der Waals surface area contributed by atoms with Crippen LogP contribution in [0.4, 0.5) is 0 Å². The van der Waals surface area contributed by atoms with Gasteiger partial charge in [-0.3, -0.25) is 0 Å². The summed E-state index contributed by atoms with van der Waals surface area (Å²) in [6.07, 6.45) is 9.55. The summed E-state index contributed by atoms with van der Waals surface area (Å²) in [4.78, 5) is 12.9. The van der Waals surface area contributed by atoms with Crippen molar-refractivity contribution in [3.05, 3.63) is 37.7 Å². The first-order valence-corrected chi connectivity index (χ1v) is 4.54. The number of carbonyl (C=O) groups excluding carboxylic acids is 1. The SMILES string of the molecule is C=CC[N+]1(CC=C)C=CN=C1.CC(=O)[O-]. The molecule has 0 bridgehead atoms. The maximum absolute atomic E-state index is 8.89. The van der Waals surface area contributed by atoms with E-state index in [0.717, 1.165) is 24.5 Å². The first-order chi connectivity index (χ1) is 7.06. The first-order valence-electron chi connectivity index (χ1n) is 4.54. The lowest BCUT2D eigenvalue weighted by molar-refractivity contribution is -0.765. The van der Waals surface area contributed by atoms with Gasteiger partial charge in [0.25, 0.3) is 0 Å². The van der Waals surface area contributed by atoms with Gasteiger partial charge in [0.05, 0.1) is 6.20 Å². The number of carbonyl (C=O) groups is 1. The molecule has 0 aliphatic carbocycles. The molecule has 0 amide bonds. The van der Waals surface area contributed by atoms with E-state index in [9.17, 15) is 0 Å². The van der Waals surface area contributed by atoms with Crippen molar-refractivity contribution in [2.24, 2.45) is 4.99 Å². The molecule has 1 heterocycles. The van der Waals surface area contributed by atoms with Gasteiger partial charge in [0, 0.05) is 5.97 Å². The molecule has 1 aliphatic rings. The maximum Gasteiger partial charge on any atom is 0.195 e. The van der Waals surface area contributed by atoms with Crippen LogP contribution in [-0.2, 0) is 4.79 Å². The van der Waals surface area contributed by atoms with E-state index < -0.39 is 5.97 Å². The summed E-state index contributed by atoms with van der Waals surface area (Å²) >= 11 is 0. The van der Waals surface area contributed by atoms with Crippen LogP contribution in [0.25, 0.3) is 0 Å². The van der Waals surface area contributed by atoms with E-state index in [2.05, 4.69) is 18.2 Å². The molecule has 0 aromatic rings. The number of carboxylic acid groups (broad SMARTS) is 1. The van der Waals surface area contributed by atoms with Gasteiger partial charge in [-0.05, 0) is 19.1 Å². The molecule has 15 heavy (non-hydrogen) atoms. The normalized spacial score (nSPS) is 15.3. The number of rotatable bonds is 4. The largest absolute Gasteiger partial charge is 0.550 e. The lowest BCUT2D eigenvalue weighted by Crippen LogP contribution is -2.39. The fourth-order valence-corrected chi connectivity index (χ4v) is 1.15. The van der Waals surface area contributed by atoms with Crippen molar-refractivity contribution in [3.63, 3.8) is 0 Å². The summed E-state index contributed by atoms with van der Waals surface area (Å²) in [6.45, 7) is 10.1. The Balaban J connectivity index is 0.000000423. The Morgan fingerprint density at radius 3 is 2.20 bits per heavy atom. The zero-order valence-electron chi connectivity index (χ0n) is 8.93. The maximum atomic E-state index is 8.89. The van der Waals surface area contributed by atoms with Crippen molar-refractivity contribution in [1.82, 2.24) is 0 Å². The summed E-state index contributed by atoms with van der Waals surface area (Å²) in [6, 6.07) is 0. The number of hydrogen-bond acceptors (Lipinski definition) is 3. The van der Waals surface area contributed by atoms with Crippen LogP contribution in [0.5, 0.6) is 0 Å². The minimum absolute atomic E-state index is 0.729. The fourth-order valence-electron chi connectivity index (χ4n) is 1.15. The number of nitrogens with zero attached hydrogens (tertiary/aromatic N) is 2. The predicted molar refractivity (Wildman–Crippen MR) is 58.7 cm³/mol. The van der Waals surface area contributed by atoms with Crippen molar-refractivity contribution in [2.45, 2.75) is 6.92 Å². The molecular formula is C11H16N2O2. The van der Waals surface area contributed by atoms with Crippen molar-refractivity contribution in [1.29, 1.82) is 0 Å². The van der Waals surface area contributed by atoms with Gasteiger partial charge < -0.3 is 9.90 Å². The fraction of sp³-hybridized carbons (Fsp3) is 0.273. The molecule has 0 aromatic carbocycles. The third-order valence-corrected chi connectivity index (χ3v) is 1.68. The van der Waals surface area contributed by atoms with Crippen LogP contribution in [0.3, 0.4) is 0 Å². The number of quaternary nitrogens is 1. The zero-order chi connectivity index (χ0) is 11.7. The van der Waals surface area contributed by atoms with Crippen molar-refractivity contribution in [3.8, 4) is 0 Å². The lowest BCUT2D eigenvalue weighted by Gasteiger charge is -2.23. The average Bonchev–Trinajstić information content (AvgIpc) is 2.53. The summed E-state index contributed by atoms with van der Waals surface area (Å²) in [7, 11) is 0. The van der Waals surface area contributed by atoms with Gasteiger partial charge in [-0.1, -0.05) is 13.2 Å². The van der Waals surface area contributed by atoms with Gasteiger partial charge in [-0.2, -0.15) is 0 Å². The van der Waals surface area contributed by atoms with Gasteiger partial charge in [-0.25, -0.2) is 9.48 Å². The molecule has 0 atom stereocenters. The molecule has 0 saturated heterocycles. The molecule has 0 N–H and O–H groups in total. The van der Waals surface area contributed by atoms with E-state index in [1.54, 1.807) is 0 Å². The topological polar surface area (TPSA) is 52.5 Å². The molecule has 1 aliphatic heterocycles. The second-order valence-corrected chi connectivity index (χ2v) is 3.10. The molecule has 4 nitrogen and oxygen atoms in total. The zero-order valence-corrected chi connectivity index (χ0v) is 8.93. The van der Waals surface area contributed by atoms with Crippen LogP contribution in [-0.4, -0.2) is 29.9 Å². The Morgan fingerprint density at radius 2 is 1.93 bits per heavy atom. The Labute approximate surface area is 90.1 Å². The Hall–Kier alpha value is -1.68. The van der Waals surface area contributed by atoms with E-state index >= 15 is 0 Å². The van der Waals surface area contributed by atoms with Gasteiger partial charge in [-0.15, -0.1) is 0 Å². The highest BCUT2D eigenvalue weighted by atomic mass is 16.4. The molecule has 0 spiro atoms. The van der Waals surface area contributed by atoms with E-state index in [1.165, 1.54) is 0 Å². The van der Waals surface area contributed by atoms with Crippen LogP contribution in [0.2, 0.25) is 0 Å². The van der Waals surface area contributed by atoms with Gasteiger partial charge in [0.1, 0.15) is 19.3 Å². The second kappa shape index (κ2) is 6.73. The van der Waals surface area contributed by atoms with Gasteiger partial charge in [0.2, 0.25) is 0 Å². The van der Waals surface area contributed by atoms with Crippen molar-refractivity contribution >= 4 is 12.3 Å².